The molecule has 4 aliphatic rings. The van der Waals surface area contributed by atoms with Gasteiger partial charge in [-0.1, -0.05) is 50.0 Å². The van der Waals surface area contributed by atoms with Gasteiger partial charge in [0.15, 0.2) is 0 Å². The third-order valence-corrected chi connectivity index (χ3v) is 11.6. The predicted octanol–water partition coefficient (Wildman–Crippen LogP) is 8.87. The van der Waals surface area contributed by atoms with Crippen LogP contribution in [0.4, 0.5) is 0 Å². The fourth-order valence-electron chi connectivity index (χ4n) is 9.21. The molecule has 0 bridgehead atoms. The summed E-state index contributed by atoms with van der Waals surface area (Å²) in [5.41, 5.74) is 7.89. The van der Waals surface area contributed by atoms with Crippen LogP contribution < -0.4 is 0 Å². The third kappa shape index (κ3) is 4.08. The zero-order chi connectivity index (χ0) is 23.3. The number of allylic oxidation sites excluding steroid dienone is 4. The van der Waals surface area contributed by atoms with Gasteiger partial charge in [0.25, 0.3) is 0 Å². The molecule has 0 aromatic carbocycles. The molecular formula is C31H52O. The van der Waals surface area contributed by atoms with E-state index in [4.69, 9.17) is 0 Å². The van der Waals surface area contributed by atoms with Crippen LogP contribution in [-0.4, -0.2) is 11.2 Å². The molecule has 0 saturated heterocycles. The Kier molecular flexibility index (Phi) is 7.09. The molecule has 0 heterocycles. The number of aliphatic hydroxyl groups is 1. The molecule has 1 nitrogen and oxygen atoms in total. The Hall–Kier alpha value is -0.560. The second-order valence-electron chi connectivity index (χ2n) is 13.2. The maximum Gasteiger partial charge on any atom is 0.0543 e. The van der Waals surface area contributed by atoms with Gasteiger partial charge in [-0.3, -0.25) is 0 Å². The molecule has 0 amide bonds. The number of aliphatic hydroxyl groups excluding tert-OH is 1. The number of rotatable bonds is 6. The van der Waals surface area contributed by atoms with E-state index in [1.807, 2.05) is 11.1 Å². The summed E-state index contributed by atoms with van der Waals surface area (Å²) in [5.74, 6) is 4.12. The lowest BCUT2D eigenvalue weighted by Crippen LogP contribution is -2.45. The molecule has 0 radical (unpaired) electrons. The minimum Gasteiger partial charge on any atom is -0.393 e. The van der Waals surface area contributed by atoms with Crippen LogP contribution >= 0.6 is 0 Å². The van der Waals surface area contributed by atoms with Crippen LogP contribution in [0.15, 0.2) is 22.3 Å². The fourth-order valence-corrected chi connectivity index (χ4v) is 9.21. The summed E-state index contributed by atoms with van der Waals surface area (Å²) < 4.78 is 0. The van der Waals surface area contributed by atoms with E-state index < -0.39 is 0 Å². The predicted molar refractivity (Wildman–Crippen MR) is 137 cm³/mol. The van der Waals surface area contributed by atoms with Crippen molar-refractivity contribution in [3.63, 3.8) is 0 Å². The highest BCUT2D eigenvalue weighted by atomic mass is 16.3. The average molecular weight is 441 g/mol. The van der Waals surface area contributed by atoms with Crippen molar-refractivity contribution in [2.45, 2.75) is 132 Å². The third-order valence-electron chi connectivity index (χ3n) is 11.6. The Labute approximate surface area is 199 Å². The van der Waals surface area contributed by atoms with Gasteiger partial charge in [-0.05, 0) is 138 Å². The van der Waals surface area contributed by atoms with E-state index in [0.29, 0.717) is 10.8 Å². The van der Waals surface area contributed by atoms with Crippen LogP contribution in [0.25, 0.3) is 0 Å². The van der Waals surface area contributed by atoms with E-state index in [1.165, 1.54) is 69.8 Å². The topological polar surface area (TPSA) is 20.2 Å². The Bertz CT molecular complexity index is 754. The van der Waals surface area contributed by atoms with Gasteiger partial charge in [0.2, 0.25) is 0 Å². The minimum absolute atomic E-state index is 0.0392. The lowest BCUT2D eigenvalue weighted by molar-refractivity contribution is 0.0131. The monoisotopic (exact) mass is 440 g/mol. The molecule has 2 fully saturated rings. The first-order chi connectivity index (χ1) is 15.1. The average Bonchev–Trinajstić information content (AvgIpc) is 3.11. The summed E-state index contributed by atoms with van der Waals surface area (Å²) in [4.78, 5) is 0. The van der Waals surface area contributed by atoms with Crippen molar-refractivity contribution in [1.82, 2.24) is 0 Å². The Morgan fingerprint density at radius 2 is 1.75 bits per heavy atom. The highest BCUT2D eigenvalue weighted by molar-refractivity contribution is 5.34. The van der Waals surface area contributed by atoms with Crippen molar-refractivity contribution in [3.8, 4) is 0 Å². The van der Waals surface area contributed by atoms with Gasteiger partial charge in [0.1, 0.15) is 0 Å². The highest BCUT2D eigenvalue weighted by Gasteiger charge is 2.55. The Morgan fingerprint density at radius 1 is 1.00 bits per heavy atom. The molecule has 8 atom stereocenters. The van der Waals surface area contributed by atoms with Gasteiger partial charge in [-0.25, -0.2) is 0 Å². The van der Waals surface area contributed by atoms with E-state index in [1.54, 1.807) is 5.57 Å². The van der Waals surface area contributed by atoms with Gasteiger partial charge in [0.05, 0.1) is 6.10 Å². The Balaban J connectivity index is 1.49. The van der Waals surface area contributed by atoms with Gasteiger partial charge in [0, 0.05) is 0 Å². The van der Waals surface area contributed by atoms with Crippen molar-refractivity contribution < 1.29 is 5.11 Å². The number of hydrogen-bond acceptors (Lipinski definition) is 1. The molecular weight excluding hydrogens is 388 g/mol. The lowest BCUT2D eigenvalue weighted by Gasteiger charge is -2.55. The molecule has 1 N–H and O–H groups in total. The first-order valence-electron chi connectivity index (χ1n) is 14.2. The first-order valence-corrected chi connectivity index (χ1v) is 14.2. The van der Waals surface area contributed by atoms with Crippen LogP contribution in [0.2, 0.25) is 0 Å². The van der Waals surface area contributed by atoms with E-state index >= 15 is 0 Å². The van der Waals surface area contributed by atoms with E-state index in [0.717, 1.165) is 42.4 Å². The molecule has 4 rings (SSSR count). The molecule has 2 saturated carbocycles. The smallest absolute Gasteiger partial charge is 0.0543 e. The normalized spacial score (nSPS) is 40.9. The van der Waals surface area contributed by atoms with E-state index in [9.17, 15) is 5.11 Å². The molecule has 0 spiro atoms. The van der Waals surface area contributed by atoms with Crippen LogP contribution in [0, 0.1) is 40.4 Å². The standard InChI is InChI=1S/C31H52O/c1-8-23(22(5)20(2)3)10-9-21(4)27-13-14-28-26-12-11-24-19-25(32)15-17-30(24,6)29(26)16-18-31(27,28)7/h21,23-25,27-28,32H,8-19H2,1-7H3/t21-,23-,24?,25?,27-,28+,30+,31-/m1/s1. The SMILES string of the molecule is CC[C@H](CC[C@@H](C)[C@H]1CC[C@H]2C3=C(CC[C@]12C)[C@@]1(C)CCC(O)CC1CC3)C(C)=C(C)C. The van der Waals surface area contributed by atoms with Crippen molar-refractivity contribution in [2.24, 2.45) is 40.4 Å². The molecule has 32 heavy (non-hydrogen) atoms. The van der Waals surface area contributed by atoms with Crippen LogP contribution in [0.3, 0.4) is 0 Å². The van der Waals surface area contributed by atoms with E-state index in [-0.39, 0.29) is 6.10 Å². The van der Waals surface area contributed by atoms with Crippen LogP contribution in [0.5, 0.6) is 0 Å². The van der Waals surface area contributed by atoms with Crippen LogP contribution in [-0.2, 0) is 0 Å². The zero-order valence-electron chi connectivity index (χ0n) is 22.4. The molecule has 0 aromatic heterocycles. The fraction of sp³-hybridized carbons (Fsp3) is 0.871. The lowest BCUT2D eigenvalue weighted by atomic mass is 9.50. The van der Waals surface area contributed by atoms with Crippen molar-refractivity contribution >= 4 is 0 Å². The highest BCUT2D eigenvalue weighted by Crippen LogP contribution is 2.66. The zero-order valence-corrected chi connectivity index (χ0v) is 22.4. The van der Waals surface area contributed by atoms with Crippen molar-refractivity contribution in [3.05, 3.63) is 22.3 Å². The maximum absolute atomic E-state index is 10.3. The molecule has 4 aliphatic carbocycles. The summed E-state index contributed by atoms with van der Waals surface area (Å²) in [6.45, 7) is 17.2. The maximum atomic E-state index is 10.3. The molecule has 0 aliphatic heterocycles. The Morgan fingerprint density at radius 3 is 2.44 bits per heavy atom. The molecule has 1 heteroatoms. The van der Waals surface area contributed by atoms with Gasteiger partial charge >= 0.3 is 0 Å². The molecule has 2 unspecified atom stereocenters. The second-order valence-corrected chi connectivity index (χ2v) is 13.2. The second kappa shape index (κ2) is 9.24. The van der Waals surface area contributed by atoms with Gasteiger partial charge in [-0.2, -0.15) is 0 Å². The van der Waals surface area contributed by atoms with Crippen molar-refractivity contribution in [2.75, 3.05) is 0 Å². The summed E-state index contributed by atoms with van der Waals surface area (Å²) in [5, 5.41) is 10.3. The summed E-state index contributed by atoms with van der Waals surface area (Å²) >= 11 is 0. The number of fused-ring (bicyclic) bond motifs is 4. The molecule has 182 valence electrons. The van der Waals surface area contributed by atoms with Gasteiger partial charge < -0.3 is 5.11 Å². The molecule has 0 aromatic rings. The van der Waals surface area contributed by atoms with Gasteiger partial charge in [-0.15, -0.1) is 0 Å². The van der Waals surface area contributed by atoms with Crippen molar-refractivity contribution in [1.29, 1.82) is 0 Å². The quantitative estimate of drug-likeness (QED) is 0.409. The largest absolute Gasteiger partial charge is 0.393 e. The summed E-state index contributed by atoms with van der Waals surface area (Å²) in [6, 6.07) is 0. The summed E-state index contributed by atoms with van der Waals surface area (Å²) in [7, 11) is 0. The van der Waals surface area contributed by atoms with Crippen LogP contribution in [0.1, 0.15) is 126 Å². The number of hydrogen-bond donors (Lipinski definition) is 1. The minimum atomic E-state index is -0.0392. The summed E-state index contributed by atoms with van der Waals surface area (Å²) in [6.07, 6.45) is 15.7. The van der Waals surface area contributed by atoms with E-state index in [2.05, 4.69) is 48.5 Å². The first kappa shape index (κ1) is 24.6.